The zero-order chi connectivity index (χ0) is 20.4. The Hall–Kier alpha value is -2.51. The summed E-state index contributed by atoms with van der Waals surface area (Å²) in [5.41, 5.74) is 1.33. The minimum atomic E-state index is -0.780. The van der Waals surface area contributed by atoms with Gasteiger partial charge >= 0.3 is 0 Å². The van der Waals surface area contributed by atoms with Crippen LogP contribution < -0.4 is 10.1 Å². The number of aryl methyl sites for hydroxylation is 1. The van der Waals surface area contributed by atoms with E-state index in [0.717, 1.165) is 31.6 Å². The number of likely N-dealkylation sites (tertiary alicyclic amines) is 1. The average molecular weight is 399 g/mol. The third-order valence-corrected chi connectivity index (χ3v) is 5.77. The van der Waals surface area contributed by atoms with Crippen molar-refractivity contribution < 1.29 is 19.0 Å². The van der Waals surface area contributed by atoms with E-state index in [1.54, 1.807) is 30.5 Å². The van der Waals surface area contributed by atoms with Crippen molar-refractivity contribution in [1.29, 1.82) is 0 Å². The van der Waals surface area contributed by atoms with Crippen LogP contribution in [-0.4, -0.2) is 58.3 Å². The van der Waals surface area contributed by atoms with Crippen molar-refractivity contribution >= 4 is 5.91 Å². The Balaban J connectivity index is 1.51. The van der Waals surface area contributed by atoms with Gasteiger partial charge in [0.15, 0.2) is 0 Å². The lowest BCUT2D eigenvalue weighted by Gasteiger charge is -2.32. The van der Waals surface area contributed by atoms with Crippen LogP contribution in [-0.2, 0) is 0 Å². The van der Waals surface area contributed by atoms with Crippen LogP contribution in [0.15, 0.2) is 42.6 Å². The summed E-state index contributed by atoms with van der Waals surface area (Å²) in [7, 11) is 0. The Bertz CT molecular complexity index is 855. The highest BCUT2D eigenvalue weighted by Crippen LogP contribution is 2.31. The normalized spacial score (nSPS) is 27.1. The number of halogens is 1. The van der Waals surface area contributed by atoms with E-state index in [2.05, 4.69) is 15.2 Å². The van der Waals surface area contributed by atoms with E-state index >= 15 is 0 Å². The summed E-state index contributed by atoms with van der Waals surface area (Å²) in [6, 6.07) is 8.94. The first-order valence-electron chi connectivity index (χ1n) is 10.1. The molecule has 1 saturated heterocycles. The third-order valence-electron chi connectivity index (χ3n) is 5.77. The number of ether oxygens (including phenoxy) is 1. The van der Waals surface area contributed by atoms with Crippen molar-refractivity contribution in [3.8, 4) is 5.75 Å². The second-order valence-electron chi connectivity index (χ2n) is 7.84. The van der Waals surface area contributed by atoms with Crippen LogP contribution in [0.5, 0.6) is 5.75 Å². The Morgan fingerprint density at radius 3 is 2.76 bits per heavy atom. The molecule has 1 aliphatic heterocycles. The van der Waals surface area contributed by atoms with Gasteiger partial charge in [-0.25, -0.2) is 4.39 Å². The van der Waals surface area contributed by atoms with Gasteiger partial charge in [0.1, 0.15) is 23.8 Å². The topological polar surface area (TPSA) is 74.7 Å². The van der Waals surface area contributed by atoms with Gasteiger partial charge in [-0.05, 0) is 57.1 Å². The molecule has 0 spiro atoms. The zero-order valence-electron chi connectivity index (χ0n) is 16.4. The number of benzene rings is 1. The molecule has 0 unspecified atom stereocenters. The third kappa shape index (κ3) is 4.41. The average Bonchev–Trinajstić information content (AvgIpc) is 3.31. The quantitative estimate of drug-likeness (QED) is 0.807. The number of aliphatic hydroxyl groups excluding tert-OH is 1. The molecule has 2 fully saturated rings. The number of nitrogens with zero attached hydrogens (tertiary/aromatic N) is 2. The lowest BCUT2D eigenvalue weighted by Crippen LogP contribution is -2.52. The molecule has 6 nitrogen and oxygen atoms in total. The Morgan fingerprint density at radius 2 is 2.07 bits per heavy atom. The van der Waals surface area contributed by atoms with Gasteiger partial charge in [-0.1, -0.05) is 6.07 Å². The second kappa shape index (κ2) is 8.47. The zero-order valence-corrected chi connectivity index (χ0v) is 16.4. The van der Waals surface area contributed by atoms with Gasteiger partial charge in [0.05, 0.1) is 17.6 Å². The summed E-state index contributed by atoms with van der Waals surface area (Å²) in [5, 5.41) is 14.1. The number of carbonyl (C=O) groups is 1. The first kappa shape index (κ1) is 19.8. The van der Waals surface area contributed by atoms with Crippen molar-refractivity contribution in [2.24, 2.45) is 0 Å². The fourth-order valence-electron chi connectivity index (χ4n) is 4.33. The monoisotopic (exact) mass is 399 g/mol. The first-order chi connectivity index (χ1) is 14.0. The molecular formula is C22H26FN3O3. The largest absolute Gasteiger partial charge is 0.487 e. The lowest BCUT2D eigenvalue weighted by atomic mass is 10.1. The number of hydrogen-bond donors (Lipinski definition) is 2. The van der Waals surface area contributed by atoms with Crippen LogP contribution >= 0.6 is 0 Å². The van der Waals surface area contributed by atoms with Gasteiger partial charge in [0.25, 0.3) is 5.91 Å². The first-order valence-corrected chi connectivity index (χ1v) is 10.1. The van der Waals surface area contributed by atoms with Gasteiger partial charge in [-0.15, -0.1) is 0 Å². The molecule has 0 bridgehead atoms. The second-order valence-corrected chi connectivity index (χ2v) is 7.84. The van der Waals surface area contributed by atoms with Gasteiger partial charge < -0.3 is 15.2 Å². The van der Waals surface area contributed by atoms with E-state index < -0.39 is 12.2 Å². The minimum absolute atomic E-state index is 0.217. The van der Waals surface area contributed by atoms with E-state index in [-0.39, 0.29) is 23.8 Å². The van der Waals surface area contributed by atoms with Crippen LogP contribution in [0, 0.1) is 12.7 Å². The van der Waals surface area contributed by atoms with Crippen LogP contribution in [0.2, 0.25) is 0 Å². The smallest absolute Gasteiger partial charge is 0.253 e. The molecule has 4 rings (SSSR count). The number of hydrogen-bond acceptors (Lipinski definition) is 5. The molecule has 0 radical (unpaired) electrons. The predicted molar refractivity (Wildman–Crippen MR) is 106 cm³/mol. The summed E-state index contributed by atoms with van der Waals surface area (Å²) < 4.78 is 19.4. The van der Waals surface area contributed by atoms with Gasteiger partial charge in [0, 0.05) is 24.4 Å². The maximum absolute atomic E-state index is 13.5. The number of carbonyl (C=O) groups excluding carboxylic acids is 1. The molecule has 4 atom stereocenters. The van der Waals surface area contributed by atoms with Crippen LogP contribution in [0.4, 0.5) is 4.39 Å². The van der Waals surface area contributed by atoms with E-state index in [1.807, 2.05) is 6.92 Å². The molecular weight excluding hydrogens is 373 g/mol. The number of aromatic nitrogens is 1. The molecule has 29 heavy (non-hydrogen) atoms. The highest BCUT2D eigenvalue weighted by Gasteiger charge is 2.47. The standard InChI is InChI=1S/C22H26FN3O3/c1-14-7-8-15(13-24-14)22(28)25-18-12-19(29-17-6-4-5-16(23)11-17)21(27)20(18)26-9-2-3-10-26/h4-8,11,13,18-21,27H,2-3,9-10,12H2,1H3,(H,25,28)/t18-,19-,20+,21+/m1/s1. The molecule has 1 amide bonds. The van der Waals surface area contributed by atoms with E-state index in [0.29, 0.717) is 17.7 Å². The van der Waals surface area contributed by atoms with E-state index in [1.165, 1.54) is 12.1 Å². The maximum atomic E-state index is 13.5. The Labute approximate surface area is 169 Å². The molecule has 2 N–H and O–H groups in total. The number of amides is 1. The fourth-order valence-corrected chi connectivity index (χ4v) is 4.33. The van der Waals surface area contributed by atoms with Crippen LogP contribution in [0.3, 0.4) is 0 Å². The predicted octanol–water partition coefficient (Wildman–Crippen LogP) is 2.30. The molecule has 154 valence electrons. The van der Waals surface area contributed by atoms with E-state index in [4.69, 9.17) is 4.74 Å². The van der Waals surface area contributed by atoms with Crippen LogP contribution in [0.1, 0.15) is 35.3 Å². The summed E-state index contributed by atoms with van der Waals surface area (Å²) in [6.07, 6.45) is 2.84. The summed E-state index contributed by atoms with van der Waals surface area (Å²) in [5.74, 6) is -0.225. The number of rotatable bonds is 5. The number of aliphatic hydroxyl groups is 1. The SMILES string of the molecule is Cc1ccc(C(=O)N[C@@H]2C[C@@H](Oc3cccc(F)c3)[C@H](O)[C@H]2N2CCCC2)cn1. The molecule has 2 aromatic rings. The molecule has 1 aromatic heterocycles. The van der Waals surface area contributed by atoms with Crippen molar-refractivity contribution in [2.45, 2.75) is 50.5 Å². The molecule has 2 aliphatic rings. The molecule has 7 heteroatoms. The molecule has 1 saturated carbocycles. The molecule has 1 aromatic carbocycles. The van der Waals surface area contributed by atoms with Gasteiger partial charge in [-0.2, -0.15) is 0 Å². The number of nitrogens with one attached hydrogen (secondary N) is 1. The summed E-state index contributed by atoms with van der Waals surface area (Å²) in [6.45, 7) is 3.63. The summed E-state index contributed by atoms with van der Waals surface area (Å²) >= 11 is 0. The van der Waals surface area contributed by atoms with E-state index in [9.17, 15) is 14.3 Å². The minimum Gasteiger partial charge on any atom is -0.487 e. The van der Waals surface area contributed by atoms with Gasteiger partial charge in [0.2, 0.25) is 0 Å². The van der Waals surface area contributed by atoms with Gasteiger partial charge in [-0.3, -0.25) is 14.7 Å². The lowest BCUT2D eigenvalue weighted by molar-refractivity contribution is 0.0138. The fraction of sp³-hybridized carbons (Fsp3) is 0.455. The molecule has 2 heterocycles. The van der Waals surface area contributed by atoms with Crippen molar-refractivity contribution in [3.63, 3.8) is 0 Å². The maximum Gasteiger partial charge on any atom is 0.253 e. The molecule has 1 aliphatic carbocycles. The van der Waals surface area contributed by atoms with Crippen molar-refractivity contribution in [2.75, 3.05) is 13.1 Å². The Morgan fingerprint density at radius 1 is 1.28 bits per heavy atom. The van der Waals surface area contributed by atoms with Crippen molar-refractivity contribution in [1.82, 2.24) is 15.2 Å². The Kier molecular flexibility index (Phi) is 5.78. The summed E-state index contributed by atoms with van der Waals surface area (Å²) in [4.78, 5) is 19.2. The van der Waals surface area contributed by atoms with Crippen LogP contribution in [0.25, 0.3) is 0 Å². The highest BCUT2D eigenvalue weighted by atomic mass is 19.1. The highest BCUT2D eigenvalue weighted by molar-refractivity contribution is 5.94. The van der Waals surface area contributed by atoms with Crippen molar-refractivity contribution in [3.05, 3.63) is 59.7 Å². The number of pyridine rings is 1.